The molecule has 0 radical (unpaired) electrons. The highest BCUT2D eigenvalue weighted by Gasteiger charge is 2.07. The van der Waals surface area contributed by atoms with Gasteiger partial charge in [0.15, 0.2) is 5.69 Å². The Morgan fingerprint density at radius 1 is 1.53 bits per heavy atom. The van der Waals surface area contributed by atoms with Crippen molar-refractivity contribution in [1.29, 1.82) is 0 Å². The molecule has 0 aliphatic rings. The average molecular weight is 281 g/mol. The number of carboxylic acid groups (broad SMARTS) is 1. The summed E-state index contributed by atoms with van der Waals surface area (Å²) >= 11 is 5.87. The maximum Gasteiger partial charge on any atom is 0.358 e. The Morgan fingerprint density at radius 2 is 2.32 bits per heavy atom. The van der Waals surface area contributed by atoms with Crippen molar-refractivity contribution in [2.24, 2.45) is 0 Å². The Labute approximate surface area is 115 Å². The van der Waals surface area contributed by atoms with E-state index < -0.39 is 5.97 Å². The fourth-order valence-electron chi connectivity index (χ4n) is 1.64. The van der Waals surface area contributed by atoms with Crippen LogP contribution in [0.2, 0.25) is 5.02 Å². The summed E-state index contributed by atoms with van der Waals surface area (Å²) in [6, 6.07) is 5.60. The van der Waals surface area contributed by atoms with Crippen LogP contribution in [0.4, 0.5) is 5.69 Å². The molecule has 6 nitrogen and oxygen atoms in total. The maximum atomic E-state index is 10.6. The predicted molar refractivity (Wildman–Crippen MR) is 71.7 cm³/mol. The van der Waals surface area contributed by atoms with E-state index in [2.05, 4.69) is 15.6 Å². The molecule has 1 aromatic heterocycles. The molecule has 0 bridgehead atoms. The topological polar surface area (TPSA) is 80.0 Å². The van der Waals surface area contributed by atoms with Crippen LogP contribution in [-0.2, 0) is 6.54 Å². The van der Waals surface area contributed by atoms with Gasteiger partial charge in [-0.25, -0.2) is 9.48 Å². The van der Waals surface area contributed by atoms with Gasteiger partial charge in [0, 0.05) is 17.3 Å². The Morgan fingerprint density at radius 3 is 2.95 bits per heavy atom. The SMILES string of the molecule is Cc1cc(Cl)ccc1NCCn1cc(C(=O)O)nn1. The minimum Gasteiger partial charge on any atom is -0.476 e. The van der Waals surface area contributed by atoms with Crippen molar-refractivity contribution in [2.75, 3.05) is 11.9 Å². The number of carboxylic acids is 1. The zero-order chi connectivity index (χ0) is 13.8. The smallest absolute Gasteiger partial charge is 0.358 e. The number of benzene rings is 1. The van der Waals surface area contributed by atoms with Crippen molar-refractivity contribution in [3.63, 3.8) is 0 Å². The van der Waals surface area contributed by atoms with Crippen LogP contribution < -0.4 is 5.32 Å². The summed E-state index contributed by atoms with van der Waals surface area (Å²) < 4.78 is 1.49. The highest BCUT2D eigenvalue weighted by molar-refractivity contribution is 6.30. The molecule has 0 spiro atoms. The van der Waals surface area contributed by atoms with Crippen LogP contribution >= 0.6 is 11.6 Å². The van der Waals surface area contributed by atoms with Crippen molar-refractivity contribution in [1.82, 2.24) is 15.0 Å². The lowest BCUT2D eigenvalue weighted by atomic mass is 10.2. The second kappa shape index (κ2) is 5.71. The van der Waals surface area contributed by atoms with Crippen LogP contribution in [0.3, 0.4) is 0 Å². The standard InChI is InChI=1S/C12H13ClN4O2/c1-8-6-9(13)2-3-10(8)14-4-5-17-7-11(12(18)19)15-16-17/h2-3,6-7,14H,4-5H2,1H3,(H,18,19). The molecule has 0 atom stereocenters. The number of nitrogens with one attached hydrogen (secondary N) is 1. The number of hydrogen-bond acceptors (Lipinski definition) is 4. The fourth-order valence-corrected chi connectivity index (χ4v) is 1.86. The summed E-state index contributed by atoms with van der Waals surface area (Å²) in [7, 11) is 0. The van der Waals surface area contributed by atoms with Gasteiger partial charge < -0.3 is 10.4 Å². The van der Waals surface area contributed by atoms with Gasteiger partial charge in [0.25, 0.3) is 0 Å². The molecule has 100 valence electrons. The highest BCUT2D eigenvalue weighted by Crippen LogP contribution is 2.19. The third-order valence-corrected chi connectivity index (χ3v) is 2.84. The van der Waals surface area contributed by atoms with Gasteiger partial charge in [-0.05, 0) is 30.7 Å². The van der Waals surface area contributed by atoms with Crippen molar-refractivity contribution in [2.45, 2.75) is 13.5 Å². The van der Waals surface area contributed by atoms with Crippen LogP contribution in [0, 0.1) is 6.92 Å². The van der Waals surface area contributed by atoms with E-state index in [0.29, 0.717) is 18.1 Å². The molecular weight excluding hydrogens is 268 g/mol. The second-order valence-electron chi connectivity index (χ2n) is 4.06. The normalized spacial score (nSPS) is 10.4. The summed E-state index contributed by atoms with van der Waals surface area (Å²) in [6.07, 6.45) is 1.40. The Kier molecular flexibility index (Phi) is 4.01. The number of carbonyl (C=O) groups is 1. The summed E-state index contributed by atoms with van der Waals surface area (Å²) in [5.41, 5.74) is 1.99. The minimum absolute atomic E-state index is 0.0531. The summed E-state index contributed by atoms with van der Waals surface area (Å²) in [4.78, 5) is 10.6. The minimum atomic E-state index is -1.08. The van der Waals surface area contributed by atoms with Crippen LogP contribution in [0.1, 0.15) is 16.1 Å². The number of hydrogen-bond donors (Lipinski definition) is 2. The van der Waals surface area contributed by atoms with Crippen LogP contribution in [0.15, 0.2) is 24.4 Å². The largest absolute Gasteiger partial charge is 0.476 e. The summed E-state index contributed by atoms with van der Waals surface area (Å²) in [5, 5.41) is 19.9. The van der Waals surface area contributed by atoms with Gasteiger partial charge in [-0.1, -0.05) is 16.8 Å². The first-order valence-electron chi connectivity index (χ1n) is 5.70. The molecule has 1 aromatic carbocycles. The zero-order valence-corrected chi connectivity index (χ0v) is 11.1. The molecule has 0 amide bonds. The van der Waals surface area contributed by atoms with E-state index in [1.165, 1.54) is 10.9 Å². The number of aromatic nitrogens is 3. The Balaban J connectivity index is 1.90. The molecule has 0 saturated heterocycles. The van der Waals surface area contributed by atoms with E-state index in [0.717, 1.165) is 11.3 Å². The van der Waals surface area contributed by atoms with Crippen molar-refractivity contribution in [3.8, 4) is 0 Å². The van der Waals surface area contributed by atoms with Crippen molar-refractivity contribution < 1.29 is 9.90 Å². The lowest BCUT2D eigenvalue weighted by Crippen LogP contribution is -2.11. The number of aromatic carboxylic acids is 1. The number of anilines is 1. The first-order chi connectivity index (χ1) is 9.06. The van der Waals surface area contributed by atoms with Crippen LogP contribution in [-0.4, -0.2) is 32.6 Å². The molecule has 19 heavy (non-hydrogen) atoms. The zero-order valence-electron chi connectivity index (χ0n) is 10.3. The van der Waals surface area contributed by atoms with Gasteiger partial charge in [-0.2, -0.15) is 0 Å². The number of aryl methyl sites for hydroxylation is 1. The van der Waals surface area contributed by atoms with Gasteiger partial charge in [-0.3, -0.25) is 0 Å². The van der Waals surface area contributed by atoms with Crippen molar-refractivity contribution >= 4 is 23.3 Å². The molecule has 1 heterocycles. The van der Waals surface area contributed by atoms with Gasteiger partial charge in [0.2, 0.25) is 0 Å². The molecular formula is C12H13ClN4O2. The van der Waals surface area contributed by atoms with Gasteiger partial charge in [-0.15, -0.1) is 5.10 Å². The molecule has 7 heteroatoms. The van der Waals surface area contributed by atoms with Gasteiger partial charge in [0.05, 0.1) is 12.7 Å². The molecule has 2 aromatic rings. The van der Waals surface area contributed by atoms with E-state index in [-0.39, 0.29) is 5.69 Å². The average Bonchev–Trinajstić information content (AvgIpc) is 2.81. The first kappa shape index (κ1) is 13.4. The molecule has 0 fully saturated rings. The summed E-state index contributed by atoms with van der Waals surface area (Å²) in [6.45, 7) is 3.11. The Hall–Kier alpha value is -2.08. The van der Waals surface area contributed by atoms with Gasteiger partial charge >= 0.3 is 5.97 Å². The number of nitrogens with zero attached hydrogens (tertiary/aromatic N) is 3. The van der Waals surface area contributed by atoms with E-state index in [4.69, 9.17) is 16.7 Å². The first-order valence-corrected chi connectivity index (χ1v) is 6.07. The molecule has 2 rings (SSSR count). The number of halogens is 1. The molecule has 0 unspecified atom stereocenters. The van der Waals surface area contributed by atoms with Crippen LogP contribution in [0.25, 0.3) is 0 Å². The summed E-state index contributed by atoms with van der Waals surface area (Å²) in [5.74, 6) is -1.08. The fraction of sp³-hybridized carbons (Fsp3) is 0.250. The van der Waals surface area contributed by atoms with E-state index >= 15 is 0 Å². The van der Waals surface area contributed by atoms with E-state index in [1.54, 1.807) is 0 Å². The molecule has 0 aliphatic carbocycles. The lowest BCUT2D eigenvalue weighted by molar-refractivity contribution is 0.0690. The highest BCUT2D eigenvalue weighted by atomic mass is 35.5. The van der Waals surface area contributed by atoms with Crippen LogP contribution in [0.5, 0.6) is 0 Å². The number of rotatable bonds is 5. The maximum absolute atomic E-state index is 10.6. The third-order valence-electron chi connectivity index (χ3n) is 2.60. The monoisotopic (exact) mass is 280 g/mol. The molecule has 0 saturated carbocycles. The third kappa shape index (κ3) is 3.45. The molecule has 2 N–H and O–H groups in total. The quantitative estimate of drug-likeness (QED) is 0.876. The van der Waals surface area contributed by atoms with E-state index in [1.807, 2.05) is 25.1 Å². The van der Waals surface area contributed by atoms with E-state index in [9.17, 15) is 4.79 Å². The lowest BCUT2D eigenvalue weighted by Gasteiger charge is -2.09. The Bertz CT molecular complexity index is 597. The second-order valence-corrected chi connectivity index (χ2v) is 4.49. The molecule has 0 aliphatic heterocycles. The van der Waals surface area contributed by atoms with Gasteiger partial charge in [0.1, 0.15) is 0 Å². The van der Waals surface area contributed by atoms with Crippen molar-refractivity contribution in [3.05, 3.63) is 40.7 Å². The predicted octanol–water partition coefficient (Wildman–Crippen LogP) is 2.05.